The lowest BCUT2D eigenvalue weighted by Gasteiger charge is -2.33. The predicted octanol–water partition coefficient (Wildman–Crippen LogP) is 4.16. The van der Waals surface area contributed by atoms with E-state index < -0.39 is 0 Å². The van der Waals surface area contributed by atoms with Crippen LogP contribution in [-0.2, 0) is 4.74 Å². The monoisotopic (exact) mass is 270 g/mol. The standard InChI is InChI=1S/C13H18O2S2/c1-13(2)5-3-9(4-6-13)15-12(14)11-7-10(16)8-17-11/h7-9,16H,3-6H2,1-2H3. The second kappa shape index (κ2) is 5.02. The number of carbonyl (C=O) groups is 1. The van der Waals surface area contributed by atoms with E-state index in [1.54, 1.807) is 6.07 Å². The maximum atomic E-state index is 11.8. The molecule has 2 nitrogen and oxygen atoms in total. The molecule has 0 N–H and O–H groups in total. The molecule has 1 heterocycles. The van der Waals surface area contributed by atoms with Gasteiger partial charge in [-0.25, -0.2) is 4.79 Å². The number of rotatable bonds is 2. The summed E-state index contributed by atoms with van der Waals surface area (Å²) in [6, 6.07) is 1.77. The lowest BCUT2D eigenvalue weighted by molar-refractivity contribution is 0.0100. The quantitative estimate of drug-likeness (QED) is 0.645. The van der Waals surface area contributed by atoms with Crippen molar-refractivity contribution in [1.82, 2.24) is 0 Å². The number of ether oxygens (including phenoxy) is 1. The summed E-state index contributed by atoms with van der Waals surface area (Å²) >= 11 is 5.59. The van der Waals surface area contributed by atoms with Crippen molar-refractivity contribution in [3.05, 3.63) is 16.3 Å². The second-order valence-electron chi connectivity index (χ2n) is 5.44. The first-order valence-corrected chi connectivity index (χ1v) is 7.27. The Kier molecular flexibility index (Phi) is 3.83. The molecular weight excluding hydrogens is 252 g/mol. The first-order chi connectivity index (χ1) is 7.96. The van der Waals surface area contributed by atoms with Crippen LogP contribution in [0.15, 0.2) is 16.3 Å². The average Bonchev–Trinajstić information content (AvgIpc) is 2.68. The number of hydrogen-bond acceptors (Lipinski definition) is 4. The van der Waals surface area contributed by atoms with Gasteiger partial charge in [0.1, 0.15) is 11.0 Å². The van der Waals surface area contributed by atoms with E-state index in [0.717, 1.165) is 30.6 Å². The van der Waals surface area contributed by atoms with Gasteiger partial charge in [-0.1, -0.05) is 13.8 Å². The van der Waals surface area contributed by atoms with Crippen molar-refractivity contribution in [1.29, 1.82) is 0 Å². The molecule has 0 bridgehead atoms. The number of thiophene rings is 1. The van der Waals surface area contributed by atoms with Gasteiger partial charge < -0.3 is 4.74 Å². The van der Waals surface area contributed by atoms with Crippen molar-refractivity contribution < 1.29 is 9.53 Å². The fourth-order valence-electron chi connectivity index (χ4n) is 2.13. The van der Waals surface area contributed by atoms with Crippen molar-refractivity contribution in [2.24, 2.45) is 5.41 Å². The van der Waals surface area contributed by atoms with Gasteiger partial charge in [0.05, 0.1) is 0 Å². The van der Waals surface area contributed by atoms with Gasteiger partial charge in [0.25, 0.3) is 0 Å². The van der Waals surface area contributed by atoms with Gasteiger partial charge in [-0.05, 0) is 37.2 Å². The molecule has 0 aliphatic heterocycles. The third-order valence-corrected chi connectivity index (χ3v) is 4.69. The molecule has 0 aromatic carbocycles. The van der Waals surface area contributed by atoms with Crippen LogP contribution in [0, 0.1) is 5.41 Å². The summed E-state index contributed by atoms with van der Waals surface area (Å²) in [4.78, 5) is 13.3. The van der Waals surface area contributed by atoms with E-state index in [1.807, 2.05) is 5.38 Å². The van der Waals surface area contributed by atoms with E-state index >= 15 is 0 Å². The van der Waals surface area contributed by atoms with Gasteiger partial charge in [-0.3, -0.25) is 0 Å². The third-order valence-electron chi connectivity index (χ3n) is 3.35. The molecule has 1 aliphatic rings. The lowest BCUT2D eigenvalue weighted by Crippen LogP contribution is -2.28. The van der Waals surface area contributed by atoms with Gasteiger partial charge in [0.15, 0.2) is 0 Å². The topological polar surface area (TPSA) is 26.3 Å². The van der Waals surface area contributed by atoms with Crippen LogP contribution in [0.5, 0.6) is 0 Å². The highest BCUT2D eigenvalue weighted by molar-refractivity contribution is 7.80. The van der Waals surface area contributed by atoms with Crippen LogP contribution in [0.4, 0.5) is 0 Å². The second-order valence-corrected chi connectivity index (χ2v) is 6.87. The Morgan fingerprint density at radius 2 is 2.12 bits per heavy atom. The van der Waals surface area contributed by atoms with Crippen molar-refractivity contribution in [3.63, 3.8) is 0 Å². The Labute approximate surface area is 112 Å². The minimum atomic E-state index is -0.194. The van der Waals surface area contributed by atoms with E-state index in [2.05, 4.69) is 26.5 Å². The smallest absolute Gasteiger partial charge is 0.348 e. The molecule has 0 amide bonds. The molecule has 94 valence electrons. The summed E-state index contributed by atoms with van der Waals surface area (Å²) in [5, 5.41) is 1.85. The van der Waals surface area contributed by atoms with Gasteiger partial charge >= 0.3 is 5.97 Å². The van der Waals surface area contributed by atoms with E-state index in [0.29, 0.717) is 10.3 Å². The van der Waals surface area contributed by atoms with Gasteiger partial charge in [-0.2, -0.15) is 0 Å². The van der Waals surface area contributed by atoms with E-state index in [9.17, 15) is 4.79 Å². The summed E-state index contributed by atoms with van der Waals surface area (Å²) in [5.74, 6) is -0.194. The molecule has 0 saturated heterocycles. The van der Waals surface area contributed by atoms with Gasteiger partial charge in [0.2, 0.25) is 0 Å². The minimum Gasteiger partial charge on any atom is -0.458 e. The van der Waals surface area contributed by atoms with E-state index in [1.165, 1.54) is 11.3 Å². The summed E-state index contributed by atoms with van der Waals surface area (Å²) in [6.07, 6.45) is 4.33. The van der Waals surface area contributed by atoms with E-state index in [4.69, 9.17) is 4.74 Å². The first kappa shape index (κ1) is 13.0. The van der Waals surface area contributed by atoms with Crippen LogP contribution >= 0.6 is 24.0 Å². The molecule has 1 aliphatic carbocycles. The largest absolute Gasteiger partial charge is 0.458 e. The number of carbonyl (C=O) groups excluding carboxylic acids is 1. The highest BCUT2D eigenvalue weighted by atomic mass is 32.1. The normalized spacial score (nSPS) is 20.2. The zero-order valence-corrected chi connectivity index (χ0v) is 11.9. The molecule has 0 unspecified atom stereocenters. The molecule has 0 atom stereocenters. The maximum Gasteiger partial charge on any atom is 0.348 e. The molecule has 1 fully saturated rings. The summed E-state index contributed by atoms with van der Waals surface area (Å²) < 4.78 is 5.52. The van der Waals surface area contributed by atoms with Crippen LogP contribution in [0.25, 0.3) is 0 Å². The van der Waals surface area contributed by atoms with Crippen LogP contribution in [-0.4, -0.2) is 12.1 Å². The zero-order chi connectivity index (χ0) is 12.5. The van der Waals surface area contributed by atoms with Crippen molar-refractivity contribution in [2.75, 3.05) is 0 Å². The molecule has 17 heavy (non-hydrogen) atoms. The number of thiol groups is 1. The highest BCUT2D eigenvalue weighted by Gasteiger charge is 2.29. The maximum absolute atomic E-state index is 11.8. The van der Waals surface area contributed by atoms with Crippen LogP contribution in [0.1, 0.15) is 49.2 Å². The summed E-state index contributed by atoms with van der Waals surface area (Å²) in [7, 11) is 0. The Morgan fingerprint density at radius 3 is 2.65 bits per heavy atom. The van der Waals surface area contributed by atoms with Crippen LogP contribution in [0.2, 0.25) is 0 Å². The zero-order valence-electron chi connectivity index (χ0n) is 10.2. The Bertz CT molecular complexity index is 399. The van der Waals surface area contributed by atoms with Crippen molar-refractivity contribution in [2.45, 2.75) is 50.5 Å². The molecule has 1 aromatic rings. The number of hydrogen-bond donors (Lipinski definition) is 1. The molecule has 2 rings (SSSR count). The Hall–Kier alpha value is -0.480. The summed E-state index contributed by atoms with van der Waals surface area (Å²) in [5.41, 5.74) is 0.407. The summed E-state index contributed by atoms with van der Waals surface area (Å²) in [6.45, 7) is 4.55. The third kappa shape index (κ3) is 3.49. The van der Waals surface area contributed by atoms with Crippen LogP contribution < -0.4 is 0 Å². The Balaban J connectivity index is 1.88. The molecule has 4 heteroatoms. The van der Waals surface area contributed by atoms with Crippen molar-refractivity contribution in [3.8, 4) is 0 Å². The molecule has 1 aromatic heterocycles. The molecular formula is C13H18O2S2. The van der Waals surface area contributed by atoms with Crippen molar-refractivity contribution >= 4 is 29.9 Å². The first-order valence-electron chi connectivity index (χ1n) is 5.95. The fraction of sp³-hybridized carbons (Fsp3) is 0.615. The fourth-order valence-corrected chi connectivity index (χ4v) is 3.16. The molecule has 0 radical (unpaired) electrons. The molecule has 0 spiro atoms. The minimum absolute atomic E-state index is 0.0981. The highest BCUT2D eigenvalue weighted by Crippen LogP contribution is 2.36. The SMILES string of the molecule is CC1(C)CCC(OC(=O)c2cc(S)cs2)CC1. The Morgan fingerprint density at radius 1 is 1.47 bits per heavy atom. The van der Waals surface area contributed by atoms with Gasteiger partial charge in [0, 0.05) is 10.3 Å². The lowest BCUT2D eigenvalue weighted by atomic mass is 9.76. The van der Waals surface area contributed by atoms with Gasteiger partial charge in [-0.15, -0.1) is 24.0 Å². The number of esters is 1. The average molecular weight is 270 g/mol. The van der Waals surface area contributed by atoms with E-state index in [-0.39, 0.29) is 12.1 Å². The predicted molar refractivity (Wildman–Crippen MR) is 73.0 cm³/mol. The molecule has 1 saturated carbocycles. The van der Waals surface area contributed by atoms with Crippen LogP contribution in [0.3, 0.4) is 0 Å².